The zero-order chi connectivity index (χ0) is 9.76. The highest BCUT2D eigenvalue weighted by Crippen LogP contribution is 2.63. The van der Waals surface area contributed by atoms with Crippen LogP contribution in [0.2, 0.25) is 0 Å². The van der Waals surface area contributed by atoms with E-state index < -0.39 is 0 Å². The van der Waals surface area contributed by atoms with Crippen molar-refractivity contribution in [1.29, 1.82) is 0 Å². The van der Waals surface area contributed by atoms with Gasteiger partial charge in [-0.05, 0) is 11.5 Å². The number of carbonyl (C=O) groups is 1. The van der Waals surface area contributed by atoms with Crippen molar-refractivity contribution in [1.82, 2.24) is 0 Å². The molecule has 1 saturated carbocycles. The van der Waals surface area contributed by atoms with Gasteiger partial charge in [0.2, 0.25) is 0 Å². The molecule has 1 aliphatic heterocycles. The molecule has 2 nitrogen and oxygen atoms in total. The summed E-state index contributed by atoms with van der Waals surface area (Å²) < 4.78 is 5.10. The minimum absolute atomic E-state index is 0.0122. The minimum atomic E-state index is -0.0126. The van der Waals surface area contributed by atoms with E-state index in [0.29, 0.717) is 12.5 Å². The lowest BCUT2D eigenvalue weighted by molar-refractivity contribution is -0.141. The third kappa shape index (κ3) is 0.746. The SMILES string of the molecule is C[C@H]1C2C(=O)OC[C@@]21c1ccccc1. The highest BCUT2D eigenvalue weighted by Gasteiger charge is 2.71. The van der Waals surface area contributed by atoms with Crippen LogP contribution in [0.3, 0.4) is 0 Å². The van der Waals surface area contributed by atoms with Crippen LogP contribution < -0.4 is 0 Å². The summed E-state index contributed by atoms with van der Waals surface area (Å²) in [6.45, 7) is 2.71. The summed E-state index contributed by atoms with van der Waals surface area (Å²) in [6, 6.07) is 10.2. The van der Waals surface area contributed by atoms with Crippen molar-refractivity contribution < 1.29 is 9.53 Å². The maximum Gasteiger partial charge on any atom is 0.310 e. The Morgan fingerprint density at radius 3 is 2.64 bits per heavy atom. The number of rotatable bonds is 1. The van der Waals surface area contributed by atoms with Crippen molar-refractivity contribution >= 4 is 5.97 Å². The van der Waals surface area contributed by atoms with Gasteiger partial charge in [0.25, 0.3) is 0 Å². The number of hydrogen-bond acceptors (Lipinski definition) is 2. The molecule has 1 saturated heterocycles. The third-order valence-corrected chi connectivity index (χ3v) is 3.78. The van der Waals surface area contributed by atoms with Gasteiger partial charge in [0, 0.05) is 5.41 Å². The summed E-state index contributed by atoms with van der Waals surface area (Å²) in [7, 11) is 0. The maximum atomic E-state index is 11.4. The first kappa shape index (κ1) is 8.04. The highest BCUT2D eigenvalue weighted by molar-refractivity contribution is 5.83. The molecule has 0 aromatic heterocycles. The van der Waals surface area contributed by atoms with Crippen molar-refractivity contribution in [3.63, 3.8) is 0 Å². The fourth-order valence-corrected chi connectivity index (χ4v) is 2.82. The van der Waals surface area contributed by atoms with Crippen LogP contribution in [-0.2, 0) is 14.9 Å². The Labute approximate surface area is 82.9 Å². The molecule has 1 aromatic carbocycles. The topological polar surface area (TPSA) is 26.3 Å². The summed E-state index contributed by atoms with van der Waals surface area (Å²) >= 11 is 0. The van der Waals surface area contributed by atoms with Gasteiger partial charge in [-0.15, -0.1) is 0 Å². The summed E-state index contributed by atoms with van der Waals surface area (Å²) in [5.41, 5.74) is 1.27. The van der Waals surface area contributed by atoms with Crippen molar-refractivity contribution in [2.24, 2.45) is 11.8 Å². The third-order valence-electron chi connectivity index (χ3n) is 3.78. The quantitative estimate of drug-likeness (QED) is 0.627. The minimum Gasteiger partial charge on any atom is -0.464 e. The van der Waals surface area contributed by atoms with Gasteiger partial charge in [0.1, 0.15) is 6.61 Å². The van der Waals surface area contributed by atoms with Crippen molar-refractivity contribution in [3.8, 4) is 0 Å². The van der Waals surface area contributed by atoms with E-state index in [4.69, 9.17) is 4.74 Å². The van der Waals surface area contributed by atoms with E-state index in [1.54, 1.807) is 0 Å². The lowest BCUT2D eigenvalue weighted by Gasteiger charge is -2.12. The van der Waals surface area contributed by atoms with E-state index in [1.807, 2.05) is 18.2 Å². The van der Waals surface area contributed by atoms with Crippen LogP contribution in [0.5, 0.6) is 0 Å². The van der Waals surface area contributed by atoms with Gasteiger partial charge in [-0.2, -0.15) is 0 Å². The van der Waals surface area contributed by atoms with Crippen LogP contribution in [0.25, 0.3) is 0 Å². The summed E-state index contributed by atoms with van der Waals surface area (Å²) in [5, 5.41) is 0. The van der Waals surface area contributed by atoms with E-state index in [1.165, 1.54) is 5.56 Å². The van der Waals surface area contributed by atoms with Crippen LogP contribution in [0, 0.1) is 11.8 Å². The Morgan fingerprint density at radius 1 is 1.36 bits per heavy atom. The smallest absolute Gasteiger partial charge is 0.310 e. The summed E-state index contributed by atoms with van der Waals surface area (Å²) in [4.78, 5) is 11.4. The number of benzene rings is 1. The molecule has 0 radical (unpaired) electrons. The molecule has 1 aromatic rings. The molecule has 2 heteroatoms. The predicted molar refractivity (Wildman–Crippen MR) is 51.7 cm³/mol. The van der Waals surface area contributed by atoms with Crippen LogP contribution >= 0.6 is 0 Å². The molecule has 0 spiro atoms. The van der Waals surface area contributed by atoms with E-state index in [2.05, 4.69) is 19.1 Å². The average molecular weight is 188 g/mol. The molecule has 2 aliphatic rings. The Kier molecular flexibility index (Phi) is 1.37. The Balaban J connectivity index is 2.05. The van der Waals surface area contributed by atoms with Crippen molar-refractivity contribution in [3.05, 3.63) is 35.9 Å². The molecule has 3 atom stereocenters. The molecule has 14 heavy (non-hydrogen) atoms. The first-order valence-electron chi connectivity index (χ1n) is 4.99. The van der Waals surface area contributed by atoms with Gasteiger partial charge in [-0.3, -0.25) is 4.79 Å². The summed E-state index contributed by atoms with van der Waals surface area (Å²) in [5.74, 6) is 0.553. The number of fused-ring (bicyclic) bond motifs is 1. The lowest BCUT2D eigenvalue weighted by atomic mass is 9.94. The van der Waals surface area contributed by atoms with E-state index in [0.717, 1.165) is 0 Å². The van der Waals surface area contributed by atoms with Gasteiger partial charge in [-0.1, -0.05) is 37.3 Å². The fourth-order valence-electron chi connectivity index (χ4n) is 2.82. The molecule has 1 heterocycles. The zero-order valence-electron chi connectivity index (χ0n) is 8.07. The summed E-state index contributed by atoms with van der Waals surface area (Å²) in [6.07, 6.45) is 0. The second kappa shape index (κ2) is 2.38. The van der Waals surface area contributed by atoms with Gasteiger partial charge in [0.05, 0.1) is 5.92 Å². The molecule has 1 aliphatic carbocycles. The van der Waals surface area contributed by atoms with E-state index in [-0.39, 0.29) is 17.3 Å². The monoisotopic (exact) mass is 188 g/mol. The van der Waals surface area contributed by atoms with Gasteiger partial charge < -0.3 is 4.74 Å². The van der Waals surface area contributed by atoms with Crippen molar-refractivity contribution in [2.75, 3.05) is 6.61 Å². The molecule has 0 amide bonds. The number of hydrogen-bond donors (Lipinski definition) is 0. The molecule has 2 fully saturated rings. The maximum absolute atomic E-state index is 11.4. The standard InChI is InChI=1S/C12H12O2/c1-8-10-11(13)14-7-12(8,10)9-5-3-2-4-6-9/h2-6,8,10H,7H2,1H3/t8-,10?,12+/m0/s1. The molecule has 0 bridgehead atoms. The largest absolute Gasteiger partial charge is 0.464 e. The molecule has 3 rings (SSSR count). The lowest BCUT2D eigenvalue weighted by Crippen LogP contribution is -2.13. The number of esters is 1. The second-order valence-corrected chi connectivity index (χ2v) is 4.28. The van der Waals surface area contributed by atoms with Gasteiger partial charge in [-0.25, -0.2) is 0 Å². The molecular weight excluding hydrogens is 176 g/mol. The first-order valence-corrected chi connectivity index (χ1v) is 4.99. The molecule has 72 valence electrons. The Bertz CT molecular complexity index is 385. The van der Waals surface area contributed by atoms with Gasteiger partial charge >= 0.3 is 5.97 Å². The first-order chi connectivity index (χ1) is 6.77. The highest BCUT2D eigenvalue weighted by atomic mass is 16.5. The van der Waals surface area contributed by atoms with Crippen LogP contribution in [-0.4, -0.2) is 12.6 Å². The second-order valence-electron chi connectivity index (χ2n) is 4.28. The van der Waals surface area contributed by atoms with Crippen LogP contribution in [0.1, 0.15) is 12.5 Å². The van der Waals surface area contributed by atoms with Gasteiger partial charge in [0.15, 0.2) is 0 Å². The van der Waals surface area contributed by atoms with Crippen LogP contribution in [0.15, 0.2) is 30.3 Å². The predicted octanol–water partition coefficient (Wildman–Crippen LogP) is 1.75. The van der Waals surface area contributed by atoms with E-state index >= 15 is 0 Å². The fraction of sp³-hybridized carbons (Fsp3) is 0.417. The number of cyclic esters (lactones) is 1. The molecule has 0 N–H and O–H groups in total. The average Bonchev–Trinajstić information content (AvgIpc) is 2.65. The van der Waals surface area contributed by atoms with E-state index in [9.17, 15) is 4.79 Å². The Morgan fingerprint density at radius 2 is 2.07 bits per heavy atom. The zero-order valence-corrected chi connectivity index (χ0v) is 8.07. The number of carbonyl (C=O) groups excluding carboxylic acids is 1. The van der Waals surface area contributed by atoms with Crippen molar-refractivity contribution in [2.45, 2.75) is 12.3 Å². The normalized spacial score (nSPS) is 39.1. The molecule has 1 unspecified atom stereocenters. The number of ether oxygens (including phenoxy) is 1. The Hall–Kier alpha value is -1.31. The molecular formula is C12H12O2. The van der Waals surface area contributed by atoms with Crippen LogP contribution in [0.4, 0.5) is 0 Å².